The first kappa shape index (κ1) is 36.5. The van der Waals surface area contributed by atoms with Crippen molar-refractivity contribution in [3.8, 4) is 0 Å². The Balaban J connectivity index is 4.13. The second-order valence-corrected chi connectivity index (χ2v) is 23.5. The van der Waals surface area contributed by atoms with E-state index in [4.69, 9.17) is 18.3 Å². The van der Waals surface area contributed by atoms with Crippen LogP contribution in [0.25, 0.3) is 0 Å². The van der Waals surface area contributed by atoms with Gasteiger partial charge in [0.2, 0.25) is 9.76 Å². The summed E-state index contributed by atoms with van der Waals surface area (Å²) in [5, 5.41) is 10.0. The van der Waals surface area contributed by atoms with Gasteiger partial charge in [-0.2, -0.15) is 0 Å². The number of hydrogen-bond acceptors (Lipinski definition) is 5. The van der Waals surface area contributed by atoms with Crippen LogP contribution in [0.3, 0.4) is 0 Å². The van der Waals surface area contributed by atoms with E-state index in [1.807, 2.05) is 0 Å². The van der Waals surface area contributed by atoms with Crippen molar-refractivity contribution in [2.45, 2.75) is 123 Å². The number of rotatable bonds is 25. The Labute approximate surface area is 229 Å². The first-order valence-corrected chi connectivity index (χ1v) is 23.0. The molecule has 0 saturated heterocycles. The van der Waals surface area contributed by atoms with E-state index in [0.717, 1.165) is 64.1 Å². The predicted molar refractivity (Wildman–Crippen MR) is 162 cm³/mol. The summed E-state index contributed by atoms with van der Waals surface area (Å²) >= 11 is 0. The van der Waals surface area contributed by atoms with Gasteiger partial charge in [0.15, 0.2) is 8.32 Å². The van der Waals surface area contributed by atoms with Crippen LogP contribution in [0.1, 0.15) is 71.6 Å². The number of hydrogen-bond donors (Lipinski definition) is 1. The van der Waals surface area contributed by atoms with Gasteiger partial charge in [0.25, 0.3) is 0 Å². The van der Waals surface area contributed by atoms with Crippen LogP contribution in [0.2, 0.25) is 51.4 Å². The summed E-state index contributed by atoms with van der Waals surface area (Å²) in [6, 6.07) is 0. The molecule has 0 aromatic rings. The van der Waals surface area contributed by atoms with E-state index in [-0.39, 0.29) is 12.0 Å². The molecule has 0 aromatic carbocycles. The van der Waals surface area contributed by atoms with Crippen molar-refractivity contribution in [3.05, 3.63) is 0 Å². The largest absolute Gasteiger partial charge is 0.418 e. The van der Waals surface area contributed by atoms with Crippen molar-refractivity contribution in [2.75, 3.05) is 46.2 Å². The highest BCUT2D eigenvalue weighted by molar-refractivity contribution is 6.77. The van der Waals surface area contributed by atoms with E-state index in [1.165, 1.54) is 25.7 Å². The van der Waals surface area contributed by atoms with E-state index in [1.54, 1.807) is 0 Å². The highest BCUT2D eigenvalue weighted by Crippen LogP contribution is 2.35. The van der Waals surface area contributed by atoms with Gasteiger partial charge in [-0.15, -0.1) is 0 Å². The summed E-state index contributed by atoms with van der Waals surface area (Å²) in [4.78, 5) is 0. The predicted octanol–water partition coefficient (Wildman–Crippen LogP) is 7.41. The van der Waals surface area contributed by atoms with Gasteiger partial charge in [-0.1, -0.05) is 59.2 Å². The second-order valence-electron chi connectivity index (χ2n) is 12.8. The molecule has 3 atom stereocenters. The van der Waals surface area contributed by atoms with Crippen LogP contribution in [-0.2, 0) is 18.3 Å². The highest BCUT2D eigenvalue weighted by atomic mass is 28.4. The molecule has 0 fully saturated rings. The van der Waals surface area contributed by atoms with Crippen LogP contribution in [0.15, 0.2) is 0 Å². The van der Waals surface area contributed by atoms with Gasteiger partial charge < -0.3 is 23.4 Å². The quantitative estimate of drug-likeness (QED) is 0.0927. The van der Waals surface area contributed by atoms with Gasteiger partial charge in [0.05, 0.1) is 19.8 Å². The fraction of sp³-hybridized carbons (Fsp3) is 1.00. The molecule has 0 aliphatic rings. The molecule has 36 heavy (non-hydrogen) atoms. The maximum Gasteiger partial charge on any atom is 0.226 e. The molecule has 0 spiro atoms. The van der Waals surface area contributed by atoms with Crippen molar-refractivity contribution in [2.24, 2.45) is 11.3 Å². The third-order valence-electron chi connectivity index (χ3n) is 7.21. The molecule has 0 heterocycles. The number of ether oxygens (including phenoxy) is 2. The first-order valence-electron chi connectivity index (χ1n) is 14.6. The van der Waals surface area contributed by atoms with Gasteiger partial charge in [-0.05, 0) is 69.8 Å². The van der Waals surface area contributed by atoms with Gasteiger partial charge in [0.1, 0.15) is 0 Å². The van der Waals surface area contributed by atoms with Crippen LogP contribution in [-0.4, -0.2) is 77.5 Å². The van der Waals surface area contributed by atoms with Crippen LogP contribution in [0.5, 0.6) is 0 Å². The average molecular weight is 563 g/mol. The Morgan fingerprint density at radius 1 is 0.806 bits per heavy atom. The van der Waals surface area contributed by atoms with Crippen molar-refractivity contribution in [3.63, 3.8) is 0 Å². The maximum absolute atomic E-state index is 10.0. The standard InChI is InChI=1S/C28H62O5Si3/c1-10-28(23-29,25-31-20-16-13-17-21-32-34-3)24-30-19-15-12-11-14-18-27(35(4,5)6)26(2)22-33-36(7,8)9/h26-27,29H,10-25H2,1-9H3. The van der Waals surface area contributed by atoms with Gasteiger partial charge >= 0.3 is 0 Å². The summed E-state index contributed by atoms with van der Waals surface area (Å²) in [6.45, 7) is 25.6. The first-order chi connectivity index (χ1) is 16.9. The molecule has 0 bridgehead atoms. The molecule has 0 aromatic heterocycles. The molecule has 2 radical (unpaired) electrons. The Hall–Kier alpha value is 0.451. The lowest BCUT2D eigenvalue weighted by Gasteiger charge is -2.35. The van der Waals surface area contributed by atoms with E-state index in [0.29, 0.717) is 28.9 Å². The van der Waals surface area contributed by atoms with Crippen molar-refractivity contribution >= 4 is 26.2 Å². The number of unbranched alkanes of at least 4 members (excludes halogenated alkanes) is 5. The summed E-state index contributed by atoms with van der Waals surface area (Å²) < 4.78 is 23.6. The Bertz CT molecular complexity index is 504. The summed E-state index contributed by atoms with van der Waals surface area (Å²) in [5.41, 5.74) is 0.551. The van der Waals surface area contributed by atoms with E-state index < -0.39 is 16.4 Å². The second kappa shape index (κ2) is 20.4. The zero-order chi connectivity index (χ0) is 27.5. The summed E-state index contributed by atoms with van der Waals surface area (Å²) in [7, 11) is -2.08. The third-order valence-corrected chi connectivity index (χ3v) is 11.8. The number of aliphatic hydroxyl groups excluding tert-OH is 1. The van der Waals surface area contributed by atoms with Crippen LogP contribution in [0.4, 0.5) is 0 Å². The minimum atomic E-state index is -1.44. The SMILES string of the molecule is CCC(CO)(COCCCCCCC(C(C)CO[Si](C)(C)C)[Si](C)(C)C)COCCCCCO[Si]C. The highest BCUT2D eigenvalue weighted by Gasteiger charge is 2.32. The molecular weight excluding hydrogens is 501 g/mol. The fourth-order valence-electron chi connectivity index (χ4n) is 4.67. The lowest BCUT2D eigenvalue weighted by molar-refractivity contribution is -0.0541. The zero-order valence-corrected chi connectivity index (χ0v) is 28.5. The Kier molecular flexibility index (Phi) is 20.6. The fourth-order valence-corrected chi connectivity index (χ4v) is 8.66. The van der Waals surface area contributed by atoms with Gasteiger partial charge in [-0.3, -0.25) is 0 Å². The van der Waals surface area contributed by atoms with Crippen molar-refractivity contribution in [1.29, 1.82) is 0 Å². The maximum atomic E-state index is 10.0. The van der Waals surface area contributed by atoms with E-state index in [2.05, 4.69) is 59.7 Å². The van der Waals surface area contributed by atoms with Crippen LogP contribution < -0.4 is 0 Å². The monoisotopic (exact) mass is 562 g/mol. The molecular formula is C28H62O5Si3. The average Bonchev–Trinajstić information content (AvgIpc) is 2.80. The Morgan fingerprint density at radius 2 is 1.33 bits per heavy atom. The molecule has 5 nitrogen and oxygen atoms in total. The lowest BCUT2D eigenvalue weighted by atomic mass is 9.88. The molecule has 8 heteroatoms. The van der Waals surface area contributed by atoms with Crippen molar-refractivity contribution in [1.82, 2.24) is 0 Å². The van der Waals surface area contributed by atoms with E-state index >= 15 is 0 Å². The van der Waals surface area contributed by atoms with Gasteiger partial charge in [-0.25, -0.2) is 0 Å². The molecule has 1 N–H and O–H groups in total. The molecule has 0 rings (SSSR count). The summed E-state index contributed by atoms with van der Waals surface area (Å²) in [6.07, 6.45) is 10.4. The van der Waals surface area contributed by atoms with Gasteiger partial charge in [0, 0.05) is 39.9 Å². The molecule has 0 aliphatic heterocycles. The lowest BCUT2D eigenvalue weighted by Crippen LogP contribution is -2.36. The van der Waals surface area contributed by atoms with Crippen molar-refractivity contribution < 1.29 is 23.4 Å². The van der Waals surface area contributed by atoms with Crippen LogP contribution in [0, 0.1) is 11.3 Å². The molecule has 216 valence electrons. The smallest absolute Gasteiger partial charge is 0.226 e. The molecule has 0 saturated carbocycles. The molecule has 0 aliphatic carbocycles. The normalized spacial score (nSPS) is 16.2. The summed E-state index contributed by atoms with van der Waals surface area (Å²) in [5.74, 6) is 0.657. The third kappa shape index (κ3) is 18.7. The Morgan fingerprint density at radius 3 is 1.81 bits per heavy atom. The minimum Gasteiger partial charge on any atom is -0.418 e. The van der Waals surface area contributed by atoms with E-state index in [9.17, 15) is 5.11 Å². The molecule has 3 unspecified atom stereocenters. The topological polar surface area (TPSA) is 57.2 Å². The van der Waals surface area contributed by atoms with Crippen LogP contribution >= 0.6 is 0 Å². The minimum absolute atomic E-state index is 0.118. The molecule has 0 amide bonds. The number of aliphatic hydroxyl groups is 1. The zero-order valence-electron chi connectivity index (χ0n) is 25.5.